The Hall–Kier alpha value is -0.890. The topological polar surface area (TPSA) is 12.9 Å². The largest absolute Gasteiger partial charge is 0.261 e. The predicted molar refractivity (Wildman–Crippen MR) is 77.6 cm³/mol. The van der Waals surface area contributed by atoms with Crippen LogP contribution in [0.3, 0.4) is 0 Å². The van der Waals surface area contributed by atoms with Gasteiger partial charge in [-0.3, -0.25) is 4.98 Å². The minimum atomic E-state index is 0.515. The van der Waals surface area contributed by atoms with Crippen LogP contribution in [-0.4, -0.2) is 9.81 Å². The molecule has 0 bridgehead atoms. The fourth-order valence-electron chi connectivity index (χ4n) is 2.15. The predicted octanol–water partition coefficient (Wildman–Crippen LogP) is 4.59. The Labute approximate surface area is 111 Å². The quantitative estimate of drug-likeness (QED) is 0.751. The van der Waals surface area contributed by atoms with Gasteiger partial charge in [-0.05, 0) is 23.8 Å². The van der Waals surface area contributed by atoms with E-state index in [0.717, 1.165) is 6.42 Å². The van der Waals surface area contributed by atoms with Crippen molar-refractivity contribution in [2.75, 3.05) is 0 Å². The molecule has 0 N–H and O–H groups in total. The number of halogens is 1. The zero-order valence-corrected chi connectivity index (χ0v) is 11.9. The lowest BCUT2D eigenvalue weighted by molar-refractivity contribution is 0.569. The van der Waals surface area contributed by atoms with Gasteiger partial charge in [-0.2, -0.15) is 0 Å². The third-order valence-electron chi connectivity index (χ3n) is 2.90. The van der Waals surface area contributed by atoms with E-state index in [0.29, 0.717) is 10.7 Å². The van der Waals surface area contributed by atoms with E-state index in [-0.39, 0.29) is 0 Å². The molecule has 0 aliphatic heterocycles. The molecule has 0 saturated heterocycles. The zero-order chi connectivity index (χ0) is 12.3. The molecule has 1 aromatic carbocycles. The second kappa shape index (κ2) is 5.63. The molecule has 2 aromatic rings. The molecule has 1 heterocycles. The number of nitrogens with zero attached hydrogens (tertiary/aromatic N) is 1. The van der Waals surface area contributed by atoms with Crippen molar-refractivity contribution in [3.63, 3.8) is 0 Å². The maximum Gasteiger partial charge on any atom is 0.0492 e. The van der Waals surface area contributed by atoms with Gasteiger partial charge in [-0.25, -0.2) is 0 Å². The van der Waals surface area contributed by atoms with E-state index in [2.05, 4.69) is 65.1 Å². The molecule has 0 aliphatic carbocycles. The van der Waals surface area contributed by atoms with Crippen molar-refractivity contribution in [3.05, 3.63) is 42.2 Å². The number of hydrogen-bond acceptors (Lipinski definition) is 1. The Morgan fingerprint density at radius 2 is 1.94 bits per heavy atom. The number of benzene rings is 1. The summed E-state index contributed by atoms with van der Waals surface area (Å²) in [7, 11) is 0. The van der Waals surface area contributed by atoms with Gasteiger partial charge in [-0.15, -0.1) is 0 Å². The number of fused-ring (bicyclic) bond motifs is 1. The number of pyridine rings is 1. The van der Waals surface area contributed by atoms with Gasteiger partial charge >= 0.3 is 0 Å². The first-order chi connectivity index (χ1) is 8.16. The number of alkyl halides is 1. The normalized spacial score (nSPS) is 13.2. The summed E-state index contributed by atoms with van der Waals surface area (Å²) in [4.78, 5) is 5.04. The summed E-state index contributed by atoms with van der Waals surface area (Å²) >= 11 is 3.76. The molecule has 0 aliphatic rings. The molecule has 1 unspecified atom stereocenters. The number of aromatic nitrogens is 1. The highest BCUT2D eigenvalue weighted by atomic mass is 79.9. The summed E-state index contributed by atoms with van der Waals surface area (Å²) in [5.74, 6) is 0.717. The van der Waals surface area contributed by atoms with E-state index in [1.807, 2.05) is 6.20 Å². The van der Waals surface area contributed by atoms with Crippen LogP contribution < -0.4 is 0 Å². The highest BCUT2D eigenvalue weighted by molar-refractivity contribution is 9.09. The summed E-state index contributed by atoms with van der Waals surface area (Å²) in [6.07, 6.45) is 4.09. The first-order valence-corrected chi connectivity index (χ1v) is 7.05. The molecule has 0 fully saturated rings. The van der Waals surface area contributed by atoms with Crippen molar-refractivity contribution in [2.24, 2.45) is 5.92 Å². The lowest BCUT2D eigenvalue weighted by Crippen LogP contribution is -2.08. The monoisotopic (exact) mass is 291 g/mol. The Morgan fingerprint density at radius 1 is 1.18 bits per heavy atom. The van der Waals surface area contributed by atoms with E-state index in [1.54, 1.807) is 0 Å². The molecule has 1 aromatic heterocycles. The van der Waals surface area contributed by atoms with E-state index < -0.39 is 0 Å². The minimum Gasteiger partial charge on any atom is -0.261 e. The van der Waals surface area contributed by atoms with Crippen LogP contribution >= 0.6 is 15.9 Å². The van der Waals surface area contributed by atoms with Gasteiger partial charge in [0.25, 0.3) is 0 Å². The van der Waals surface area contributed by atoms with Crippen molar-refractivity contribution in [1.82, 2.24) is 4.98 Å². The molecule has 0 radical (unpaired) electrons. The van der Waals surface area contributed by atoms with Crippen LogP contribution in [-0.2, 0) is 6.42 Å². The van der Waals surface area contributed by atoms with Crippen molar-refractivity contribution >= 4 is 26.7 Å². The first kappa shape index (κ1) is 12.6. The van der Waals surface area contributed by atoms with Gasteiger partial charge in [0.15, 0.2) is 0 Å². The molecular formula is C15H18BrN. The summed E-state index contributed by atoms with van der Waals surface area (Å²) in [6, 6.07) is 10.5. The first-order valence-electron chi connectivity index (χ1n) is 6.13. The van der Waals surface area contributed by atoms with E-state index in [9.17, 15) is 0 Å². The fourth-order valence-corrected chi connectivity index (χ4v) is 3.20. The highest BCUT2D eigenvalue weighted by Gasteiger charge is 2.10. The lowest BCUT2D eigenvalue weighted by Gasteiger charge is -2.13. The second-order valence-corrected chi connectivity index (χ2v) is 6.20. The zero-order valence-electron chi connectivity index (χ0n) is 10.4. The van der Waals surface area contributed by atoms with Crippen LogP contribution in [0.4, 0.5) is 0 Å². The lowest BCUT2D eigenvalue weighted by atomic mass is 10.0. The third-order valence-corrected chi connectivity index (χ3v) is 3.60. The Morgan fingerprint density at radius 3 is 2.71 bits per heavy atom. The summed E-state index contributed by atoms with van der Waals surface area (Å²) in [5, 5.41) is 2.56. The smallest absolute Gasteiger partial charge is 0.0492 e. The number of rotatable bonds is 4. The standard InChI is InChI=1S/C15H18BrN/c1-11(2)9-13(16)10-15-14-6-4-3-5-12(14)7-8-17-15/h3-8,11,13H,9-10H2,1-2H3. The van der Waals surface area contributed by atoms with Crippen molar-refractivity contribution in [2.45, 2.75) is 31.5 Å². The molecule has 0 spiro atoms. The van der Waals surface area contributed by atoms with Crippen LogP contribution in [0.25, 0.3) is 10.8 Å². The minimum absolute atomic E-state index is 0.515. The van der Waals surface area contributed by atoms with Crippen molar-refractivity contribution < 1.29 is 0 Å². The highest BCUT2D eigenvalue weighted by Crippen LogP contribution is 2.22. The molecule has 2 rings (SSSR count). The molecule has 90 valence electrons. The van der Waals surface area contributed by atoms with Crippen LogP contribution in [0.5, 0.6) is 0 Å². The fraction of sp³-hybridized carbons (Fsp3) is 0.400. The summed E-state index contributed by atoms with van der Waals surface area (Å²) < 4.78 is 0. The van der Waals surface area contributed by atoms with Crippen molar-refractivity contribution in [1.29, 1.82) is 0 Å². The van der Waals surface area contributed by atoms with Gasteiger partial charge in [0.2, 0.25) is 0 Å². The molecule has 1 nitrogen and oxygen atoms in total. The van der Waals surface area contributed by atoms with E-state index in [4.69, 9.17) is 0 Å². The average Bonchev–Trinajstić information content (AvgIpc) is 2.28. The summed E-state index contributed by atoms with van der Waals surface area (Å²) in [5.41, 5.74) is 1.20. The molecule has 0 amide bonds. The maximum absolute atomic E-state index is 4.52. The third kappa shape index (κ3) is 3.29. The van der Waals surface area contributed by atoms with E-state index >= 15 is 0 Å². The maximum atomic E-state index is 4.52. The van der Waals surface area contributed by atoms with Gasteiger partial charge < -0.3 is 0 Å². The number of hydrogen-bond donors (Lipinski definition) is 0. The molecule has 1 atom stereocenters. The van der Waals surface area contributed by atoms with Crippen molar-refractivity contribution in [3.8, 4) is 0 Å². The summed E-state index contributed by atoms with van der Waals surface area (Å²) in [6.45, 7) is 4.51. The van der Waals surface area contributed by atoms with E-state index in [1.165, 1.54) is 22.9 Å². The molecule has 2 heteroatoms. The Balaban J connectivity index is 2.24. The van der Waals surface area contributed by atoms with Gasteiger partial charge in [-0.1, -0.05) is 54.0 Å². The van der Waals surface area contributed by atoms with Crippen LogP contribution in [0.15, 0.2) is 36.5 Å². The van der Waals surface area contributed by atoms with Crippen LogP contribution in [0.1, 0.15) is 26.0 Å². The van der Waals surface area contributed by atoms with Gasteiger partial charge in [0.1, 0.15) is 0 Å². The van der Waals surface area contributed by atoms with Crippen LogP contribution in [0, 0.1) is 5.92 Å². The Bertz CT molecular complexity index is 488. The Kier molecular flexibility index (Phi) is 4.16. The molecule has 17 heavy (non-hydrogen) atoms. The van der Waals surface area contributed by atoms with Gasteiger partial charge in [0.05, 0.1) is 0 Å². The SMILES string of the molecule is CC(C)CC(Br)Cc1nccc2ccccc12. The molecular weight excluding hydrogens is 274 g/mol. The molecule has 0 saturated carbocycles. The second-order valence-electron chi connectivity index (χ2n) is 4.91. The van der Waals surface area contributed by atoms with Crippen LogP contribution in [0.2, 0.25) is 0 Å². The van der Waals surface area contributed by atoms with Gasteiger partial charge in [0, 0.05) is 28.5 Å². The average molecular weight is 292 g/mol.